The lowest BCUT2D eigenvalue weighted by Crippen LogP contribution is -2.47. The fourth-order valence-corrected chi connectivity index (χ4v) is 6.40. The predicted molar refractivity (Wildman–Crippen MR) is 129 cm³/mol. The van der Waals surface area contributed by atoms with Crippen molar-refractivity contribution in [2.45, 2.75) is 56.6 Å². The summed E-state index contributed by atoms with van der Waals surface area (Å²) >= 11 is 3.36. The number of aliphatic hydroxyl groups is 1. The molecule has 2 aromatic rings. The van der Waals surface area contributed by atoms with Gasteiger partial charge >= 0.3 is 0 Å². The summed E-state index contributed by atoms with van der Waals surface area (Å²) in [5.74, 6) is 0.584. The molecule has 0 aliphatic heterocycles. The molecular formula is C24H33BrN2O3S. The molecule has 0 fully saturated rings. The van der Waals surface area contributed by atoms with E-state index in [1.54, 1.807) is 25.1 Å². The zero-order valence-electron chi connectivity index (χ0n) is 18.7. The Balaban J connectivity index is 1.52. The molecule has 0 heterocycles. The lowest BCUT2D eigenvalue weighted by Gasteiger charge is -2.31. The molecular weight excluding hydrogens is 476 g/mol. The number of hydrogen-bond donors (Lipinski definition) is 2. The second kappa shape index (κ2) is 9.71. The number of aryl methyl sites for hydroxylation is 1. The number of β-amino-alcohol motifs (C(OH)–C–C–N with tert-alkyl or cyclic N) is 1. The number of hydrogen-bond acceptors (Lipinski definition) is 4. The number of halogens is 1. The lowest BCUT2D eigenvalue weighted by atomic mass is 9.88. The number of nitrogens with one attached hydrogen (secondary N) is 1. The number of likely N-dealkylation sites (N-methyl/N-ethyl adjacent to an activating group) is 1. The summed E-state index contributed by atoms with van der Waals surface area (Å²) in [6.45, 7) is 6.44. The van der Waals surface area contributed by atoms with Gasteiger partial charge in [-0.25, -0.2) is 8.42 Å². The van der Waals surface area contributed by atoms with Crippen molar-refractivity contribution in [1.29, 1.82) is 0 Å². The normalized spacial score (nSPS) is 16.0. The van der Waals surface area contributed by atoms with Gasteiger partial charge in [-0.05, 0) is 80.8 Å². The molecule has 0 unspecified atom stereocenters. The zero-order valence-corrected chi connectivity index (χ0v) is 21.1. The lowest BCUT2D eigenvalue weighted by molar-refractivity contribution is 0.135. The number of benzene rings is 2. The average Bonchev–Trinajstić information content (AvgIpc) is 3.07. The van der Waals surface area contributed by atoms with Gasteiger partial charge in [0.1, 0.15) is 0 Å². The number of aliphatic hydroxyl groups excluding tert-OH is 1. The van der Waals surface area contributed by atoms with E-state index in [2.05, 4.69) is 59.4 Å². The van der Waals surface area contributed by atoms with E-state index in [-0.39, 0.29) is 17.0 Å². The first-order valence-corrected chi connectivity index (χ1v) is 12.9. The van der Waals surface area contributed by atoms with Crippen LogP contribution in [0.4, 0.5) is 0 Å². The Morgan fingerprint density at radius 1 is 1.19 bits per heavy atom. The van der Waals surface area contributed by atoms with E-state index < -0.39 is 16.1 Å². The Bertz CT molecular complexity index is 998. The highest BCUT2D eigenvalue weighted by atomic mass is 79.9. The highest BCUT2D eigenvalue weighted by Crippen LogP contribution is 2.32. The molecule has 0 radical (unpaired) electrons. The van der Waals surface area contributed by atoms with Crippen LogP contribution >= 0.6 is 15.9 Å². The van der Waals surface area contributed by atoms with Crippen LogP contribution in [-0.2, 0) is 22.9 Å². The summed E-state index contributed by atoms with van der Waals surface area (Å²) in [6.07, 6.45) is 2.39. The summed E-state index contributed by atoms with van der Waals surface area (Å²) in [6, 6.07) is 13.7. The van der Waals surface area contributed by atoms with Crippen LogP contribution < -0.4 is 5.32 Å². The van der Waals surface area contributed by atoms with E-state index in [0.717, 1.165) is 23.7 Å². The molecule has 2 N–H and O–H groups in total. The Morgan fingerprint density at radius 2 is 1.81 bits per heavy atom. The van der Waals surface area contributed by atoms with Crippen molar-refractivity contribution < 1.29 is 13.5 Å². The highest BCUT2D eigenvalue weighted by molar-refractivity contribution is 9.10. The summed E-state index contributed by atoms with van der Waals surface area (Å²) < 4.78 is 27.9. The van der Waals surface area contributed by atoms with Gasteiger partial charge in [-0.1, -0.05) is 40.2 Å². The highest BCUT2D eigenvalue weighted by Gasteiger charge is 2.29. The number of rotatable bonds is 9. The molecule has 170 valence electrons. The quantitative estimate of drug-likeness (QED) is 0.538. The van der Waals surface area contributed by atoms with E-state index in [1.165, 1.54) is 22.5 Å². The van der Waals surface area contributed by atoms with Crippen molar-refractivity contribution >= 4 is 26.0 Å². The molecule has 0 saturated carbocycles. The van der Waals surface area contributed by atoms with Crippen LogP contribution in [0, 0.1) is 12.8 Å². The molecule has 3 rings (SSSR count). The maximum atomic E-state index is 12.9. The first-order chi connectivity index (χ1) is 14.5. The molecule has 5 nitrogen and oxygen atoms in total. The molecule has 0 aromatic heterocycles. The molecule has 2 aromatic carbocycles. The van der Waals surface area contributed by atoms with Crippen LogP contribution in [0.25, 0.3) is 0 Å². The molecule has 0 spiro atoms. The predicted octanol–water partition coefficient (Wildman–Crippen LogP) is 3.91. The summed E-state index contributed by atoms with van der Waals surface area (Å²) in [7, 11) is -2.14. The van der Waals surface area contributed by atoms with Crippen molar-refractivity contribution in [2.75, 3.05) is 20.1 Å². The first kappa shape index (κ1) is 24.4. The molecule has 0 saturated heterocycles. The minimum atomic E-state index is -3.66. The summed E-state index contributed by atoms with van der Waals surface area (Å²) in [4.78, 5) is 0.263. The maximum Gasteiger partial charge on any atom is 0.243 e. The maximum absolute atomic E-state index is 12.9. The monoisotopic (exact) mass is 508 g/mol. The van der Waals surface area contributed by atoms with E-state index in [9.17, 15) is 13.5 Å². The largest absolute Gasteiger partial charge is 0.390 e. The van der Waals surface area contributed by atoms with E-state index in [1.807, 2.05) is 0 Å². The second-order valence-electron chi connectivity index (χ2n) is 9.36. The molecule has 0 bridgehead atoms. The number of fused-ring (bicyclic) bond motifs is 1. The second-order valence-corrected chi connectivity index (χ2v) is 12.3. The van der Waals surface area contributed by atoms with Crippen LogP contribution in [0.1, 0.15) is 37.0 Å². The van der Waals surface area contributed by atoms with Crippen molar-refractivity contribution in [3.63, 3.8) is 0 Å². The van der Waals surface area contributed by atoms with Gasteiger partial charge in [0.25, 0.3) is 0 Å². The molecule has 0 amide bonds. The van der Waals surface area contributed by atoms with Gasteiger partial charge in [-0.2, -0.15) is 4.31 Å². The average molecular weight is 510 g/mol. The van der Waals surface area contributed by atoms with Gasteiger partial charge < -0.3 is 10.4 Å². The van der Waals surface area contributed by atoms with Crippen molar-refractivity contribution in [3.05, 3.63) is 63.6 Å². The van der Waals surface area contributed by atoms with Crippen LogP contribution in [0.15, 0.2) is 51.8 Å². The van der Waals surface area contributed by atoms with Gasteiger partial charge in [0.05, 0.1) is 11.0 Å². The first-order valence-electron chi connectivity index (χ1n) is 10.7. The Hall–Kier alpha value is -1.25. The third kappa shape index (κ3) is 6.17. The molecule has 7 heteroatoms. The van der Waals surface area contributed by atoms with Gasteiger partial charge in [0, 0.05) is 30.1 Å². The van der Waals surface area contributed by atoms with Crippen molar-refractivity contribution in [2.24, 2.45) is 5.92 Å². The number of nitrogens with zero attached hydrogens (tertiary/aromatic N) is 1. The van der Waals surface area contributed by atoms with Gasteiger partial charge in [0.15, 0.2) is 0 Å². The van der Waals surface area contributed by atoms with Crippen LogP contribution in [0.5, 0.6) is 0 Å². The van der Waals surface area contributed by atoms with Crippen molar-refractivity contribution in [1.82, 2.24) is 9.62 Å². The fraction of sp³-hybridized carbons (Fsp3) is 0.500. The molecule has 1 aliphatic carbocycles. The van der Waals surface area contributed by atoms with Crippen LogP contribution in [-0.4, -0.2) is 49.6 Å². The Labute approximate surface area is 195 Å². The zero-order chi connectivity index (χ0) is 22.8. The molecule has 1 atom stereocenters. The third-order valence-corrected chi connectivity index (χ3v) is 8.52. The number of sulfonamides is 1. The SMILES string of the molecule is Cc1cc(Br)ccc1S(=O)(=O)N(C)C[C@H](O)CNC(C)(C)CC1Cc2ccccc2C1. The summed E-state index contributed by atoms with van der Waals surface area (Å²) in [5, 5.41) is 14.0. The fourth-order valence-electron chi connectivity index (χ4n) is 4.51. The Kier molecular flexibility index (Phi) is 7.64. The Morgan fingerprint density at radius 3 is 2.39 bits per heavy atom. The standard InChI is InChI=1S/C24H33BrN2O3S/c1-17-11-21(25)9-10-23(17)31(29,30)27(4)16-22(28)15-26-24(2,3)14-18-12-19-7-5-6-8-20(19)13-18/h5-11,18,22,26,28H,12-16H2,1-4H3/t22-/m1/s1. The topological polar surface area (TPSA) is 69.6 Å². The van der Waals surface area contributed by atoms with Gasteiger partial charge in [-0.15, -0.1) is 0 Å². The summed E-state index contributed by atoms with van der Waals surface area (Å²) in [5.41, 5.74) is 3.41. The van der Waals surface area contributed by atoms with Crippen LogP contribution in [0.2, 0.25) is 0 Å². The smallest absolute Gasteiger partial charge is 0.243 e. The van der Waals surface area contributed by atoms with Gasteiger partial charge in [0.2, 0.25) is 10.0 Å². The van der Waals surface area contributed by atoms with Crippen LogP contribution in [0.3, 0.4) is 0 Å². The van der Waals surface area contributed by atoms with Gasteiger partial charge in [-0.3, -0.25) is 0 Å². The molecule has 31 heavy (non-hydrogen) atoms. The minimum absolute atomic E-state index is 0.0375. The van der Waals surface area contributed by atoms with Crippen molar-refractivity contribution in [3.8, 4) is 0 Å². The minimum Gasteiger partial charge on any atom is -0.390 e. The molecule has 1 aliphatic rings. The van der Waals surface area contributed by atoms with E-state index >= 15 is 0 Å². The van der Waals surface area contributed by atoms with E-state index in [0.29, 0.717) is 18.0 Å². The third-order valence-electron chi connectivity index (χ3n) is 6.04. The van der Waals surface area contributed by atoms with E-state index in [4.69, 9.17) is 0 Å².